The van der Waals surface area contributed by atoms with E-state index in [4.69, 9.17) is 5.73 Å². The molecule has 6 nitrogen and oxygen atoms in total. The van der Waals surface area contributed by atoms with Crippen molar-refractivity contribution >= 4 is 23.3 Å². The summed E-state index contributed by atoms with van der Waals surface area (Å²) in [6, 6.07) is 6.88. The van der Waals surface area contributed by atoms with Gasteiger partial charge in [0.2, 0.25) is 5.91 Å². The highest BCUT2D eigenvalue weighted by Crippen LogP contribution is 2.21. The van der Waals surface area contributed by atoms with Gasteiger partial charge in [-0.3, -0.25) is 4.79 Å². The molecule has 126 valence electrons. The predicted molar refractivity (Wildman–Crippen MR) is 92.1 cm³/mol. The molecule has 2 rings (SSSR count). The van der Waals surface area contributed by atoms with Gasteiger partial charge in [0.15, 0.2) is 0 Å². The Morgan fingerprint density at radius 3 is 2.22 bits per heavy atom. The van der Waals surface area contributed by atoms with Crippen LogP contribution in [0, 0.1) is 5.41 Å². The van der Waals surface area contributed by atoms with E-state index in [1.54, 1.807) is 24.3 Å². The molecule has 1 aromatic rings. The third-order valence-corrected chi connectivity index (χ3v) is 3.93. The zero-order valence-electron chi connectivity index (χ0n) is 14.1. The Bertz CT molecular complexity index is 555. The fourth-order valence-corrected chi connectivity index (χ4v) is 2.62. The van der Waals surface area contributed by atoms with Gasteiger partial charge in [-0.2, -0.15) is 0 Å². The number of urea groups is 1. The number of nitrogens with two attached hydrogens (primary N) is 1. The van der Waals surface area contributed by atoms with Crippen LogP contribution in [0.3, 0.4) is 0 Å². The summed E-state index contributed by atoms with van der Waals surface area (Å²) < 4.78 is 0. The minimum atomic E-state index is -0.354. The van der Waals surface area contributed by atoms with Gasteiger partial charge in [0, 0.05) is 35.9 Å². The first-order valence-electron chi connectivity index (χ1n) is 7.98. The van der Waals surface area contributed by atoms with E-state index in [9.17, 15) is 9.59 Å². The van der Waals surface area contributed by atoms with E-state index >= 15 is 0 Å². The Hall–Kier alpha value is -2.24. The molecule has 1 aromatic carbocycles. The molecule has 0 bridgehead atoms. The average Bonchev–Trinajstić information content (AvgIpc) is 2.49. The number of carbonyl (C=O) groups is 2. The predicted octanol–water partition coefficient (Wildman–Crippen LogP) is 2.43. The number of amides is 3. The molecule has 1 aliphatic heterocycles. The molecule has 4 N–H and O–H groups in total. The first kappa shape index (κ1) is 17.1. The zero-order valence-corrected chi connectivity index (χ0v) is 14.1. The van der Waals surface area contributed by atoms with E-state index in [0.717, 1.165) is 12.8 Å². The molecular weight excluding hydrogens is 292 g/mol. The van der Waals surface area contributed by atoms with Gasteiger partial charge >= 0.3 is 6.03 Å². The lowest BCUT2D eigenvalue weighted by Crippen LogP contribution is -2.49. The molecule has 0 unspecified atom stereocenters. The summed E-state index contributed by atoms with van der Waals surface area (Å²) in [7, 11) is 0. The third kappa shape index (κ3) is 4.87. The Kier molecular flexibility index (Phi) is 5.13. The van der Waals surface area contributed by atoms with Gasteiger partial charge in [-0.05, 0) is 37.1 Å². The SMILES string of the molecule is CC(C)(C)C(=O)N1CCC(NC(=O)Nc2ccc(N)cc2)CC1. The van der Waals surface area contributed by atoms with Crippen LogP contribution >= 0.6 is 0 Å². The molecule has 0 saturated carbocycles. The average molecular weight is 318 g/mol. The van der Waals surface area contributed by atoms with Crippen molar-refractivity contribution in [3.63, 3.8) is 0 Å². The third-order valence-electron chi connectivity index (χ3n) is 3.93. The highest BCUT2D eigenvalue weighted by Gasteiger charge is 2.30. The summed E-state index contributed by atoms with van der Waals surface area (Å²) in [5, 5.41) is 5.75. The highest BCUT2D eigenvalue weighted by molar-refractivity contribution is 5.89. The number of likely N-dealkylation sites (tertiary alicyclic amines) is 1. The van der Waals surface area contributed by atoms with E-state index < -0.39 is 0 Å². The van der Waals surface area contributed by atoms with Crippen LogP contribution in [0.5, 0.6) is 0 Å². The summed E-state index contributed by atoms with van der Waals surface area (Å²) in [5.74, 6) is 0.169. The normalized spacial score (nSPS) is 16.0. The minimum absolute atomic E-state index is 0.0906. The Balaban J connectivity index is 1.79. The van der Waals surface area contributed by atoms with Crippen LogP contribution in [0.1, 0.15) is 33.6 Å². The Morgan fingerprint density at radius 2 is 1.70 bits per heavy atom. The van der Waals surface area contributed by atoms with Gasteiger partial charge in [-0.25, -0.2) is 4.79 Å². The molecule has 0 atom stereocenters. The van der Waals surface area contributed by atoms with E-state index in [0.29, 0.717) is 24.5 Å². The zero-order chi connectivity index (χ0) is 17.0. The second-order valence-corrected chi connectivity index (χ2v) is 7.04. The van der Waals surface area contributed by atoms with Crippen molar-refractivity contribution < 1.29 is 9.59 Å². The maximum atomic E-state index is 12.2. The fourth-order valence-electron chi connectivity index (χ4n) is 2.62. The number of benzene rings is 1. The van der Waals surface area contributed by atoms with Crippen molar-refractivity contribution in [1.82, 2.24) is 10.2 Å². The molecule has 0 aromatic heterocycles. The van der Waals surface area contributed by atoms with E-state index in [2.05, 4.69) is 10.6 Å². The standard InChI is InChI=1S/C17H26N4O2/c1-17(2,3)15(22)21-10-8-14(9-11-21)20-16(23)19-13-6-4-12(18)5-7-13/h4-7,14H,8-11,18H2,1-3H3,(H2,19,20,23). The second kappa shape index (κ2) is 6.89. The molecule has 23 heavy (non-hydrogen) atoms. The van der Waals surface area contributed by atoms with Crippen molar-refractivity contribution in [3.05, 3.63) is 24.3 Å². The molecule has 0 radical (unpaired) electrons. The van der Waals surface area contributed by atoms with Crippen molar-refractivity contribution in [1.29, 1.82) is 0 Å². The number of nitrogen functional groups attached to an aromatic ring is 1. The summed E-state index contributed by atoms with van der Waals surface area (Å²) in [6.45, 7) is 7.16. The lowest BCUT2D eigenvalue weighted by Gasteiger charge is -2.35. The van der Waals surface area contributed by atoms with Gasteiger partial charge < -0.3 is 21.3 Å². The number of nitrogens with zero attached hydrogens (tertiary/aromatic N) is 1. The summed E-state index contributed by atoms with van der Waals surface area (Å²) in [5.41, 5.74) is 6.62. The number of anilines is 2. The van der Waals surface area contributed by atoms with Crippen LogP contribution in [0.15, 0.2) is 24.3 Å². The van der Waals surface area contributed by atoms with Gasteiger partial charge in [-0.1, -0.05) is 20.8 Å². The quantitative estimate of drug-likeness (QED) is 0.732. The molecular formula is C17H26N4O2. The number of piperidine rings is 1. The highest BCUT2D eigenvalue weighted by atomic mass is 16.2. The first-order valence-corrected chi connectivity index (χ1v) is 7.98. The largest absolute Gasteiger partial charge is 0.399 e. The van der Waals surface area contributed by atoms with Gasteiger partial charge in [0.25, 0.3) is 0 Å². The molecule has 1 saturated heterocycles. The van der Waals surface area contributed by atoms with Gasteiger partial charge in [0.1, 0.15) is 0 Å². The number of nitrogens with one attached hydrogen (secondary N) is 2. The maximum absolute atomic E-state index is 12.2. The van der Waals surface area contributed by atoms with E-state index in [1.807, 2.05) is 25.7 Å². The fraction of sp³-hybridized carbons (Fsp3) is 0.529. The Morgan fingerprint density at radius 1 is 1.13 bits per heavy atom. The van der Waals surface area contributed by atoms with Crippen LogP contribution < -0.4 is 16.4 Å². The number of hydrogen-bond donors (Lipinski definition) is 3. The summed E-state index contributed by atoms with van der Waals surface area (Å²) in [4.78, 5) is 26.1. The number of hydrogen-bond acceptors (Lipinski definition) is 3. The van der Waals surface area contributed by atoms with Crippen LogP contribution in [-0.2, 0) is 4.79 Å². The molecule has 3 amide bonds. The van der Waals surface area contributed by atoms with Crippen molar-refractivity contribution in [2.24, 2.45) is 5.41 Å². The smallest absolute Gasteiger partial charge is 0.319 e. The van der Waals surface area contributed by atoms with Crippen molar-refractivity contribution in [2.45, 2.75) is 39.7 Å². The van der Waals surface area contributed by atoms with Crippen molar-refractivity contribution in [3.8, 4) is 0 Å². The Labute approximate surface area is 137 Å². The van der Waals surface area contributed by atoms with Gasteiger partial charge in [-0.15, -0.1) is 0 Å². The monoisotopic (exact) mass is 318 g/mol. The summed E-state index contributed by atoms with van der Waals surface area (Å²) >= 11 is 0. The number of rotatable bonds is 2. The van der Waals surface area contributed by atoms with Crippen molar-refractivity contribution in [2.75, 3.05) is 24.1 Å². The van der Waals surface area contributed by atoms with Crippen LogP contribution in [0.4, 0.5) is 16.2 Å². The van der Waals surface area contributed by atoms with E-state index in [1.165, 1.54) is 0 Å². The van der Waals surface area contributed by atoms with Gasteiger partial charge in [0.05, 0.1) is 0 Å². The molecule has 1 heterocycles. The lowest BCUT2D eigenvalue weighted by atomic mass is 9.93. The van der Waals surface area contributed by atoms with Crippen LogP contribution in [0.25, 0.3) is 0 Å². The van der Waals surface area contributed by atoms with Crippen LogP contribution in [-0.4, -0.2) is 36.0 Å². The molecule has 1 aliphatic rings. The molecule has 1 fully saturated rings. The lowest BCUT2D eigenvalue weighted by molar-refractivity contribution is -0.140. The molecule has 0 aliphatic carbocycles. The number of carbonyl (C=O) groups excluding carboxylic acids is 2. The molecule has 0 spiro atoms. The van der Waals surface area contributed by atoms with E-state index in [-0.39, 0.29) is 23.4 Å². The summed E-state index contributed by atoms with van der Waals surface area (Å²) in [6.07, 6.45) is 1.55. The van der Waals surface area contributed by atoms with Crippen LogP contribution in [0.2, 0.25) is 0 Å². The topological polar surface area (TPSA) is 87.5 Å². The molecule has 6 heteroatoms. The first-order chi connectivity index (χ1) is 10.8. The minimum Gasteiger partial charge on any atom is -0.399 e. The maximum Gasteiger partial charge on any atom is 0.319 e. The second-order valence-electron chi connectivity index (χ2n) is 7.04.